The summed E-state index contributed by atoms with van der Waals surface area (Å²) in [4.78, 5) is 10.9. The predicted octanol–water partition coefficient (Wildman–Crippen LogP) is 2.57. The van der Waals surface area contributed by atoms with Crippen LogP contribution in [0.5, 0.6) is 0 Å². The van der Waals surface area contributed by atoms with Gasteiger partial charge in [-0.05, 0) is 25.3 Å². The van der Waals surface area contributed by atoms with Gasteiger partial charge in [0, 0.05) is 0 Å². The molecule has 5 heteroatoms. The van der Waals surface area contributed by atoms with Crippen molar-refractivity contribution < 1.29 is 23.4 Å². The molecule has 106 valence electrons. The molecule has 0 saturated heterocycles. The van der Waals surface area contributed by atoms with Gasteiger partial charge in [0.1, 0.15) is 0 Å². The summed E-state index contributed by atoms with van der Waals surface area (Å²) in [6, 6.07) is 9.25. The molecule has 0 aromatic heterocycles. The highest BCUT2D eigenvalue weighted by Gasteiger charge is 2.45. The molecule has 1 aromatic rings. The zero-order valence-corrected chi connectivity index (χ0v) is 11.0. The van der Waals surface area contributed by atoms with E-state index >= 15 is 0 Å². The smallest absolute Gasteiger partial charge is 0.376 e. The number of hydrogen-bond donors (Lipinski definition) is 1. The molecular formula is C14H18F2O3. The van der Waals surface area contributed by atoms with Crippen molar-refractivity contribution in [2.24, 2.45) is 0 Å². The number of aryl methyl sites for hydroxylation is 1. The van der Waals surface area contributed by atoms with Gasteiger partial charge in [0.2, 0.25) is 0 Å². The first kappa shape index (κ1) is 15.6. The lowest BCUT2D eigenvalue weighted by molar-refractivity contribution is -0.177. The van der Waals surface area contributed by atoms with Crippen LogP contribution in [-0.4, -0.2) is 29.7 Å². The molecule has 0 aliphatic heterocycles. The number of ether oxygens (including phenoxy) is 1. The summed E-state index contributed by atoms with van der Waals surface area (Å²) in [5.74, 6) is -5.29. The van der Waals surface area contributed by atoms with Crippen molar-refractivity contribution in [3.63, 3.8) is 0 Å². The van der Waals surface area contributed by atoms with Gasteiger partial charge < -0.3 is 9.84 Å². The van der Waals surface area contributed by atoms with Crippen molar-refractivity contribution in [1.82, 2.24) is 0 Å². The Kier molecular flexibility index (Phi) is 5.00. The second-order valence-corrected chi connectivity index (χ2v) is 4.86. The number of aliphatic hydroxyl groups is 1. The van der Waals surface area contributed by atoms with Crippen LogP contribution in [0.3, 0.4) is 0 Å². The largest absolute Gasteiger partial charge is 0.465 e. The van der Waals surface area contributed by atoms with Crippen molar-refractivity contribution >= 4 is 5.97 Å². The number of benzene rings is 1. The highest BCUT2D eigenvalue weighted by atomic mass is 19.3. The average molecular weight is 272 g/mol. The number of halogens is 2. The van der Waals surface area contributed by atoms with Crippen LogP contribution in [0, 0.1) is 0 Å². The molecule has 1 unspecified atom stereocenters. The van der Waals surface area contributed by atoms with E-state index in [0.29, 0.717) is 6.42 Å². The Balaban J connectivity index is 2.59. The molecule has 0 fully saturated rings. The molecule has 1 aromatic carbocycles. The van der Waals surface area contributed by atoms with E-state index < -0.39 is 23.9 Å². The Bertz CT molecular complexity index is 416. The van der Waals surface area contributed by atoms with Crippen LogP contribution in [-0.2, 0) is 16.0 Å². The summed E-state index contributed by atoms with van der Waals surface area (Å²) in [6.07, 6.45) is -0.339. The predicted molar refractivity (Wildman–Crippen MR) is 67.0 cm³/mol. The highest BCUT2D eigenvalue weighted by Crippen LogP contribution is 2.30. The summed E-state index contributed by atoms with van der Waals surface area (Å²) in [6.45, 7) is 1.30. The van der Waals surface area contributed by atoms with Crippen LogP contribution in [0.4, 0.5) is 8.78 Å². The van der Waals surface area contributed by atoms with Gasteiger partial charge in [0.15, 0.2) is 0 Å². The van der Waals surface area contributed by atoms with Crippen LogP contribution in [0.25, 0.3) is 0 Å². The third-order valence-corrected chi connectivity index (χ3v) is 2.88. The zero-order chi connectivity index (χ0) is 14.5. The standard InChI is InChI=1S/C14H18F2O3/c1-13(18,10-14(15,16)12(17)19-2)9-8-11-6-4-3-5-7-11/h3-7,18H,8-10H2,1-2H3. The van der Waals surface area contributed by atoms with Gasteiger partial charge in [0.25, 0.3) is 0 Å². The molecule has 0 spiro atoms. The molecule has 0 heterocycles. The van der Waals surface area contributed by atoms with Crippen LogP contribution >= 0.6 is 0 Å². The third-order valence-electron chi connectivity index (χ3n) is 2.88. The number of carbonyl (C=O) groups excluding carboxylic acids is 1. The lowest BCUT2D eigenvalue weighted by atomic mass is 9.91. The van der Waals surface area contributed by atoms with Gasteiger partial charge in [-0.15, -0.1) is 0 Å². The van der Waals surface area contributed by atoms with E-state index in [1.807, 2.05) is 30.3 Å². The van der Waals surface area contributed by atoms with E-state index in [0.717, 1.165) is 12.7 Å². The minimum Gasteiger partial charge on any atom is -0.465 e. The molecule has 0 bridgehead atoms. The molecular weight excluding hydrogens is 254 g/mol. The second-order valence-electron chi connectivity index (χ2n) is 4.86. The summed E-state index contributed by atoms with van der Waals surface area (Å²) >= 11 is 0. The lowest BCUT2D eigenvalue weighted by Crippen LogP contribution is -2.40. The minimum atomic E-state index is -3.67. The van der Waals surface area contributed by atoms with Crippen LogP contribution in [0.15, 0.2) is 30.3 Å². The van der Waals surface area contributed by atoms with Crippen molar-refractivity contribution in [2.45, 2.75) is 37.7 Å². The first-order chi connectivity index (χ1) is 8.77. The molecule has 0 aliphatic carbocycles. The number of hydrogen-bond acceptors (Lipinski definition) is 3. The molecule has 1 atom stereocenters. The van der Waals surface area contributed by atoms with Gasteiger partial charge in [-0.25, -0.2) is 4.79 Å². The Hall–Kier alpha value is -1.49. The quantitative estimate of drug-likeness (QED) is 0.810. The van der Waals surface area contributed by atoms with Gasteiger partial charge >= 0.3 is 11.9 Å². The Morgan fingerprint density at radius 2 is 1.89 bits per heavy atom. The third kappa shape index (κ3) is 4.95. The number of methoxy groups -OCH3 is 1. The molecule has 0 amide bonds. The van der Waals surface area contributed by atoms with E-state index in [1.54, 1.807) is 0 Å². The maximum Gasteiger partial charge on any atom is 0.376 e. The molecule has 1 N–H and O–H groups in total. The van der Waals surface area contributed by atoms with Crippen molar-refractivity contribution in [1.29, 1.82) is 0 Å². The monoisotopic (exact) mass is 272 g/mol. The normalized spacial score (nSPS) is 14.8. The Morgan fingerprint density at radius 3 is 2.42 bits per heavy atom. The fourth-order valence-corrected chi connectivity index (χ4v) is 1.85. The lowest BCUT2D eigenvalue weighted by Gasteiger charge is -2.27. The van der Waals surface area contributed by atoms with Gasteiger partial charge in [-0.1, -0.05) is 30.3 Å². The average Bonchev–Trinajstić information content (AvgIpc) is 2.35. The summed E-state index contributed by atoms with van der Waals surface area (Å²) in [5.41, 5.74) is -0.683. The van der Waals surface area contributed by atoms with Crippen molar-refractivity contribution in [3.05, 3.63) is 35.9 Å². The number of rotatable bonds is 6. The maximum atomic E-state index is 13.4. The molecule has 19 heavy (non-hydrogen) atoms. The number of carbonyl (C=O) groups is 1. The molecule has 1 rings (SSSR count). The molecule has 0 radical (unpaired) electrons. The van der Waals surface area contributed by atoms with Gasteiger partial charge in [0.05, 0.1) is 19.1 Å². The number of esters is 1. The summed E-state index contributed by atoms with van der Waals surface area (Å²) < 4.78 is 30.8. The highest BCUT2D eigenvalue weighted by molar-refractivity contribution is 5.77. The van der Waals surface area contributed by atoms with E-state index in [4.69, 9.17) is 0 Å². The fraction of sp³-hybridized carbons (Fsp3) is 0.500. The van der Waals surface area contributed by atoms with E-state index in [-0.39, 0.29) is 6.42 Å². The maximum absolute atomic E-state index is 13.4. The van der Waals surface area contributed by atoms with Crippen LogP contribution in [0.1, 0.15) is 25.3 Å². The van der Waals surface area contributed by atoms with E-state index in [9.17, 15) is 18.7 Å². The van der Waals surface area contributed by atoms with Gasteiger partial charge in [-0.3, -0.25) is 0 Å². The topological polar surface area (TPSA) is 46.5 Å². The summed E-state index contributed by atoms with van der Waals surface area (Å²) in [7, 11) is 0.898. The molecule has 3 nitrogen and oxygen atoms in total. The first-order valence-corrected chi connectivity index (χ1v) is 5.99. The fourth-order valence-electron chi connectivity index (χ4n) is 1.85. The van der Waals surface area contributed by atoms with Crippen LogP contribution < -0.4 is 0 Å². The summed E-state index contributed by atoms with van der Waals surface area (Å²) in [5, 5.41) is 9.97. The van der Waals surface area contributed by atoms with E-state index in [2.05, 4.69) is 4.74 Å². The Morgan fingerprint density at radius 1 is 1.32 bits per heavy atom. The zero-order valence-electron chi connectivity index (χ0n) is 11.0. The number of alkyl halides is 2. The molecule has 0 aliphatic rings. The minimum absolute atomic E-state index is 0.142. The van der Waals surface area contributed by atoms with Crippen LogP contribution in [0.2, 0.25) is 0 Å². The van der Waals surface area contributed by atoms with Gasteiger partial charge in [-0.2, -0.15) is 8.78 Å². The van der Waals surface area contributed by atoms with Crippen molar-refractivity contribution in [2.75, 3.05) is 7.11 Å². The van der Waals surface area contributed by atoms with Crippen molar-refractivity contribution in [3.8, 4) is 0 Å². The molecule has 0 saturated carbocycles. The SMILES string of the molecule is COC(=O)C(F)(F)CC(C)(O)CCc1ccccc1. The van der Waals surface area contributed by atoms with E-state index in [1.165, 1.54) is 6.92 Å². The Labute approximate surface area is 111 Å². The second kappa shape index (κ2) is 6.10. The first-order valence-electron chi connectivity index (χ1n) is 5.99.